The molecular weight excluding hydrogens is 511 g/mol. The molecule has 3 N–H and O–H groups in total. The molecule has 0 aliphatic rings. The molecule has 1 aromatic heterocycles. The standard InChI is InChI=1S/C29H24Cl2N2O4/c1-16(2)28(34)22(27(32)26-23(30)4-3-5-24(26)31)15-37-21-10-8-17-12-19(7-6-18(17)13-21)25-11-9-20(14-33-25)29(35)36/h3-14,16H,15,32H2,1-2H3,(H,35,36)/b27-22-. The highest BCUT2D eigenvalue weighted by Gasteiger charge is 2.22. The monoisotopic (exact) mass is 534 g/mol. The maximum absolute atomic E-state index is 13.0. The predicted molar refractivity (Wildman–Crippen MR) is 147 cm³/mol. The van der Waals surface area contributed by atoms with Gasteiger partial charge in [-0.15, -0.1) is 0 Å². The molecule has 0 saturated carbocycles. The van der Waals surface area contributed by atoms with Gasteiger partial charge < -0.3 is 15.6 Å². The number of fused-ring (bicyclic) bond motifs is 1. The lowest BCUT2D eigenvalue weighted by atomic mass is 9.97. The summed E-state index contributed by atoms with van der Waals surface area (Å²) >= 11 is 12.7. The van der Waals surface area contributed by atoms with Crippen molar-refractivity contribution >= 4 is 51.4 Å². The van der Waals surface area contributed by atoms with Gasteiger partial charge in [0.25, 0.3) is 0 Å². The number of carboxylic acid groups (broad SMARTS) is 1. The van der Waals surface area contributed by atoms with Crippen LogP contribution in [0.4, 0.5) is 0 Å². The van der Waals surface area contributed by atoms with Crippen LogP contribution in [-0.4, -0.2) is 28.4 Å². The normalized spacial score (nSPS) is 11.9. The van der Waals surface area contributed by atoms with Gasteiger partial charge in [0.1, 0.15) is 12.4 Å². The number of halogens is 2. The second kappa shape index (κ2) is 11.0. The summed E-state index contributed by atoms with van der Waals surface area (Å²) in [4.78, 5) is 28.3. The summed E-state index contributed by atoms with van der Waals surface area (Å²) in [6.45, 7) is 3.54. The maximum Gasteiger partial charge on any atom is 0.337 e. The molecule has 4 rings (SSSR count). The van der Waals surface area contributed by atoms with Crippen molar-refractivity contribution in [1.29, 1.82) is 0 Å². The molecule has 1 heterocycles. The minimum absolute atomic E-state index is 0.0478. The van der Waals surface area contributed by atoms with Gasteiger partial charge in [-0.1, -0.05) is 61.3 Å². The Hall–Kier alpha value is -3.87. The number of hydrogen-bond donors (Lipinski definition) is 2. The SMILES string of the molecule is CC(C)C(=O)/C(COc1ccc2cc(-c3ccc(C(=O)O)cn3)ccc2c1)=C(\N)c1c(Cl)cccc1Cl. The molecule has 0 atom stereocenters. The van der Waals surface area contributed by atoms with Crippen LogP contribution in [0.2, 0.25) is 10.0 Å². The lowest BCUT2D eigenvalue weighted by Gasteiger charge is -2.16. The second-order valence-corrected chi connectivity index (χ2v) is 9.57. The zero-order chi connectivity index (χ0) is 26.7. The zero-order valence-corrected chi connectivity index (χ0v) is 21.7. The van der Waals surface area contributed by atoms with Crippen LogP contribution < -0.4 is 10.5 Å². The average Bonchev–Trinajstić information content (AvgIpc) is 2.88. The summed E-state index contributed by atoms with van der Waals surface area (Å²) < 4.78 is 6.01. The number of benzene rings is 3. The van der Waals surface area contributed by atoms with E-state index in [1.165, 1.54) is 12.3 Å². The lowest BCUT2D eigenvalue weighted by molar-refractivity contribution is -0.118. The van der Waals surface area contributed by atoms with E-state index in [1.54, 1.807) is 38.1 Å². The van der Waals surface area contributed by atoms with Gasteiger partial charge in [-0.25, -0.2) is 4.79 Å². The number of carbonyl (C=O) groups is 2. The fourth-order valence-corrected chi connectivity index (χ4v) is 4.46. The van der Waals surface area contributed by atoms with Crippen LogP contribution in [0.5, 0.6) is 5.75 Å². The smallest absolute Gasteiger partial charge is 0.337 e. The number of nitrogens with zero attached hydrogens (tertiary/aromatic N) is 1. The van der Waals surface area contributed by atoms with Crippen molar-refractivity contribution in [1.82, 2.24) is 4.98 Å². The van der Waals surface area contributed by atoms with Crippen LogP contribution in [0.15, 0.2) is 78.5 Å². The van der Waals surface area contributed by atoms with Crippen LogP contribution in [-0.2, 0) is 4.79 Å². The first-order valence-corrected chi connectivity index (χ1v) is 12.2. The number of pyridine rings is 1. The number of aromatic nitrogens is 1. The van der Waals surface area contributed by atoms with E-state index in [4.69, 9.17) is 38.8 Å². The van der Waals surface area contributed by atoms with E-state index >= 15 is 0 Å². The number of hydrogen-bond acceptors (Lipinski definition) is 5. The first-order valence-electron chi connectivity index (χ1n) is 11.5. The van der Waals surface area contributed by atoms with Gasteiger partial charge in [0.2, 0.25) is 0 Å². The highest BCUT2D eigenvalue weighted by molar-refractivity contribution is 6.37. The third-order valence-electron chi connectivity index (χ3n) is 5.88. The largest absolute Gasteiger partial charge is 0.489 e. The minimum atomic E-state index is -1.02. The van der Waals surface area contributed by atoms with Gasteiger partial charge in [0, 0.05) is 23.2 Å². The first kappa shape index (κ1) is 26.2. The van der Waals surface area contributed by atoms with Gasteiger partial charge in [-0.2, -0.15) is 0 Å². The van der Waals surface area contributed by atoms with Crippen molar-refractivity contribution in [3.05, 3.63) is 99.7 Å². The van der Waals surface area contributed by atoms with E-state index in [0.29, 0.717) is 32.6 Å². The number of carbonyl (C=O) groups excluding carboxylic acids is 1. The Morgan fingerprint density at radius 3 is 2.27 bits per heavy atom. The Bertz CT molecular complexity index is 1510. The quantitative estimate of drug-likeness (QED) is 0.239. The third kappa shape index (κ3) is 5.77. The van der Waals surface area contributed by atoms with Gasteiger partial charge in [0.05, 0.1) is 32.6 Å². The summed E-state index contributed by atoms with van der Waals surface area (Å²) in [6, 6.07) is 19.6. The van der Waals surface area contributed by atoms with Crippen molar-refractivity contribution in [3.8, 4) is 17.0 Å². The zero-order valence-electron chi connectivity index (χ0n) is 20.2. The number of ketones is 1. The Morgan fingerprint density at radius 1 is 0.973 bits per heavy atom. The number of nitrogens with two attached hydrogens (primary N) is 1. The van der Waals surface area contributed by atoms with Crippen molar-refractivity contribution in [2.75, 3.05) is 6.61 Å². The van der Waals surface area contributed by atoms with Gasteiger partial charge in [-0.3, -0.25) is 9.78 Å². The molecule has 37 heavy (non-hydrogen) atoms. The summed E-state index contributed by atoms with van der Waals surface area (Å²) in [5.74, 6) is -0.904. The Kier molecular flexibility index (Phi) is 7.81. The molecule has 188 valence electrons. The average molecular weight is 535 g/mol. The molecule has 3 aromatic carbocycles. The maximum atomic E-state index is 13.0. The molecule has 6 nitrogen and oxygen atoms in total. The molecule has 0 radical (unpaired) electrons. The Labute approximate surface area is 224 Å². The van der Waals surface area contributed by atoms with Crippen molar-refractivity contribution < 1.29 is 19.4 Å². The van der Waals surface area contributed by atoms with Crippen molar-refractivity contribution in [2.24, 2.45) is 11.7 Å². The van der Waals surface area contributed by atoms with Gasteiger partial charge in [0.15, 0.2) is 5.78 Å². The van der Waals surface area contributed by atoms with E-state index in [0.717, 1.165) is 16.3 Å². The molecule has 4 aromatic rings. The van der Waals surface area contributed by atoms with E-state index in [1.807, 2.05) is 36.4 Å². The molecular formula is C29H24Cl2N2O4. The molecule has 0 aliphatic heterocycles. The molecule has 0 bridgehead atoms. The molecule has 0 spiro atoms. The van der Waals surface area contributed by atoms with Crippen LogP contribution in [0.1, 0.15) is 29.8 Å². The topological polar surface area (TPSA) is 103 Å². The fourth-order valence-electron chi connectivity index (χ4n) is 3.86. The predicted octanol–water partition coefficient (Wildman–Crippen LogP) is 6.88. The van der Waals surface area contributed by atoms with E-state index < -0.39 is 5.97 Å². The van der Waals surface area contributed by atoms with Crippen LogP contribution in [0.3, 0.4) is 0 Å². The van der Waals surface area contributed by atoms with Crippen LogP contribution in [0.25, 0.3) is 27.7 Å². The van der Waals surface area contributed by atoms with Crippen LogP contribution >= 0.6 is 23.2 Å². The lowest BCUT2D eigenvalue weighted by Crippen LogP contribution is -2.21. The summed E-state index contributed by atoms with van der Waals surface area (Å²) in [7, 11) is 0. The summed E-state index contributed by atoms with van der Waals surface area (Å²) in [6.07, 6.45) is 1.34. The third-order valence-corrected chi connectivity index (χ3v) is 6.51. The molecule has 0 aliphatic carbocycles. The number of aromatic carboxylic acids is 1. The van der Waals surface area contributed by atoms with Crippen LogP contribution in [0, 0.1) is 5.92 Å². The number of Topliss-reactive ketones (excluding diaryl/α,β-unsaturated/α-hetero) is 1. The fraction of sp³-hybridized carbons (Fsp3) is 0.138. The Balaban J connectivity index is 1.61. The van der Waals surface area contributed by atoms with Gasteiger partial charge >= 0.3 is 5.97 Å². The highest BCUT2D eigenvalue weighted by Crippen LogP contribution is 2.32. The van der Waals surface area contributed by atoms with E-state index in [-0.39, 0.29) is 29.6 Å². The number of rotatable bonds is 8. The minimum Gasteiger partial charge on any atom is -0.489 e. The van der Waals surface area contributed by atoms with E-state index in [2.05, 4.69) is 4.98 Å². The van der Waals surface area contributed by atoms with E-state index in [9.17, 15) is 9.59 Å². The first-order chi connectivity index (χ1) is 17.7. The second-order valence-electron chi connectivity index (χ2n) is 8.76. The van der Waals surface area contributed by atoms with Gasteiger partial charge in [-0.05, 0) is 53.2 Å². The number of ether oxygens (including phenoxy) is 1. The van der Waals surface area contributed by atoms with Crippen molar-refractivity contribution in [3.63, 3.8) is 0 Å². The Morgan fingerprint density at radius 2 is 1.65 bits per heavy atom. The van der Waals surface area contributed by atoms with Crippen molar-refractivity contribution in [2.45, 2.75) is 13.8 Å². The molecule has 0 saturated heterocycles. The summed E-state index contributed by atoms with van der Waals surface area (Å²) in [5, 5.41) is 11.6. The molecule has 8 heteroatoms. The number of carboxylic acids is 1. The molecule has 0 fully saturated rings. The molecule has 0 unspecified atom stereocenters. The molecule has 0 amide bonds. The summed E-state index contributed by atoms with van der Waals surface area (Å²) in [5.41, 5.74) is 8.97. The highest BCUT2D eigenvalue weighted by atomic mass is 35.5.